The second-order valence-electron chi connectivity index (χ2n) is 3.57. The van der Waals surface area contributed by atoms with Crippen LogP contribution in [0.4, 0.5) is 0 Å². The van der Waals surface area contributed by atoms with Gasteiger partial charge in [-0.05, 0) is 18.2 Å². The Balaban J connectivity index is 2.09. The van der Waals surface area contributed by atoms with Crippen LogP contribution in [0, 0.1) is 0 Å². The first-order valence-corrected chi connectivity index (χ1v) is 5.36. The molecule has 0 aliphatic rings. The number of hydrogen-bond donors (Lipinski definition) is 0. The first-order chi connectivity index (χ1) is 8.33. The first kappa shape index (κ1) is 11.8. The Labute approximate surface area is 100 Å². The molecule has 4 nitrogen and oxygen atoms in total. The van der Waals surface area contributed by atoms with Gasteiger partial charge in [0, 0.05) is 31.9 Å². The maximum atomic E-state index is 5.57. The Morgan fingerprint density at radius 3 is 2.76 bits per heavy atom. The van der Waals surface area contributed by atoms with E-state index >= 15 is 0 Å². The molecule has 0 fully saturated rings. The Kier molecular flexibility index (Phi) is 3.90. The average Bonchev–Trinajstić information content (AvgIpc) is 2.40. The molecular weight excluding hydrogens is 218 g/mol. The van der Waals surface area contributed by atoms with Gasteiger partial charge in [0.25, 0.3) is 0 Å². The van der Waals surface area contributed by atoms with Crippen LogP contribution in [0.5, 0.6) is 5.75 Å². The first-order valence-electron chi connectivity index (χ1n) is 5.36. The molecular formula is C13H15NO3. The van der Waals surface area contributed by atoms with Crippen LogP contribution in [0.25, 0.3) is 10.9 Å². The van der Waals surface area contributed by atoms with E-state index in [-0.39, 0.29) is 6.29 Å². The van der Waals surface area contributed by atoms with Gasteiger partial charge in [0.15, 0.2) is 6.29 Å². The summed E-state index contributed by atoms with van der Waals surface area (Å²) in [6.07, 6.45) is 1.41. The fourth-order valence-electron chi connectivity index (χ4n) is 1.53. The number of benzene rings is 1. The third kappa shape index (κ3) is 2.93. The molecule has 1 aromatic carbocycles. The number of methoxy groups -OCH3 is 2. The molecule has 0 saturated heterocycles. The molecule has 0 bridgehead atoms. The van der Waals surface area contributed by atoms with Gasteiger partial charge in [-0.2, -0.15) is 0 Å². The predicted octanol–water partition coefficient (Wildman–Crippen LogP) is 2.23. The molecule has 0 aliphatic carbocycles. The molecule has 4 heteroatoms. The highest BCUT2D eigenvalue weighted by molar-refractivity contribution is 5.79. The molecule has 1 heterocycles. The SMILES string of the molecule is COC(COc1ccc2cccnc2c1)OC. The molecule has 0 radical (unpaired) electrons. The molecule has 2 rings (SSSR count). The quantitative estimate of drug-likeness (QED) is 0.742. The summed E-state index contributed by atoms with van der Waals surface area (Å²) >= 11 is 0. The Bertz CT molecular complexity index is 483. The smallest absolute Gasteiger partial charge is 0.191 e. The highest BCUT2D eigenvalue weighted by atomic mass is 16.7. The molecule has 0 spiro atoms. The largest absolute Gasteiger partial charge is 0.488 e. The van der Waals surface area contributed by atoms with Crippen LogP contribution in [0.3, 0.4) is 0 Å². The highest BCUT2D eigenvalue weighted by Crippen LogP contribution is 2.18. The van der Waals surface area contributed by atoms with Crippen molar-refractivity contribution in [3.05, 3.63) is 36.5 Å². The van der Waals surface area contributed by atoms with E-state index in [0.717, 1.165) is 16.7 Å². The third-order valence-electron chi connectivity index (χ3n) is 2.49. The normalized spacial score (nSPS) is 11.0. The van der Waals surface area contributed by atoms with Crippen molar-refractivity contribution in [1.82, 2.24) is 4.98 Å². The van der Waals surface area contributed by atoms with E-state index in [9.17, 15) is 0 Å². The minimum absolute atomic E-state index is 0.352. The molecule has 0 saturated carbocycles. The topological polar surface area (TPSA) is 40.6 Å². The predicted molar refractivity (Wildman–Crippen MR) is 65.0 cm³/mol. The van der Waals surface area contributed by atoms with Gasteiger partial charge in [0.2, 0.25) is 0 Å². The molecule has 0 amide bonds. The van der Waals surface area contributed by atoms with Crippen LogP contribution in [0.2, 0.25) is 0 Å². The van der Waals surface area contributed by atoms with Gasteiger partial charge in [0.1, 0.15) is 12.4 Å². The monoisotopic (exact) mass is 233 g/mol. The van der Waals surface area contributed by atoms with Crippen LogP contribution in [0.15, 0.2) is 36.5 Å². The highest BCUT2D eigenvalue weighted by Gasteiger charge is 2.06. The van der Waals surface area contributed by atoms with Crippen molar-refractivity contribution in [2.45, 2.75) is 6.29 Å². The summed E-state index contributed by atoms with van der Waals surface area (Å²) in [5.41, 5.74) is 0.913. The minimum Gasteiger partial charge on any atom is -0.488 e. The molecule has 0 N–H and O–H groups in total. The van der Waals surface area contributed by atoms with E-state index in [1.54, 1.807) is 20.4 Å². The molecule has 90 valence electrons. The molecule has 0 unspecified atom stereocenters. The zero-order valence-electron chi connectivity index (χ0n) is 9.92. The van der Waals surface area contributed by atoms with Crippen LogP contribution >= 0.6 is 0 Å². The zero-order chi connectivity index (χ0) is 12.1. The van der Waals surface area contributed by atoms with Crippen molar-refractivity contribution in [2.24, 2.45) is 0 Å². The van der Waals surface area contributed by atoms with Crippen molar-refractivity contribution in [3.8, 4) is 5.75 Å². The van der Waals surface area contributed by atoms with Crippen molar-refractivity contribution < 1.29 is 14.2 Å². The lowest BCUT2D eigenvalue weighted by atomic mass is 10.2. The van der Waals surface area contributed by atoms with Crippen LogP contribution in [0.1, 0.15) is 0 Å². The summed E-state index contributed by atoms with van der Waals surface area (Å²) in [7, 11) is 3.17. The van der Waals surface area contributed by atoms with Gasteiger partial charge in [-0.25, -0.2) is 0 Å². The third-order valence-corrected chi connectivity index (χ3v) is 2.49. The Morgan fingerprint density at radius 1 is 1.18 bits per heavy atom. The standard InChI is InChI=1S/C13H15NO3/c1-15-13(16-2)9-17-11-6-5-10-4-3-7-14-12(10)8-11/h3-8,13H,9H2,1-2H3. The molecule has 0 atom stereocenters. The summed E-state index contributed by atoms with van der Waals surface area (Å²) in [5.74, 6) is 0.760. The molecule has 0 aliphatic heterocycles. The van der Waals surface area contributed by atoms with E-state index in [2.05, 4.69) is 4.98 Å². The van der Waals surface area contributed by atoms with Gasteiger partial charge >= 0.3 is 0 Å². The van der Waals surface area contributed by atoms with Crippen molar-refractivity contribution in [3.63, 3.8) is 0 Å². The molecule has 17 heavy (non-hydrogen) atoms. The van der Waals surface area contributed by atoms with Crippen LogP contribution < -0.4 is 4.74 Å². The van der Waals surface area contributed by atoms with Gasteiger partial charge < -0.3 is 14.2 Å². The lowest BCUT2D eigenvalue weighted by Gasteiger charge is -2.14. The summed E-state index contributed by atoms with van der Waals surface area (Å²) in [5, 5.41) is 1.09. The lowest BCUT2D eigenvalue weighted by Crippen LogP contribution is -2.21. The second-order valence-corrected chi connectivity index (χ2v) is 3.57. The van der Waals surface area contributed by atoms with Gasteiger partial charge in [0.05, 0.1) is 5.52 Å². The molecule has 1 aromatic heterocycles. The van der Waals surface area contributed by atoms with Crippen molar-refractivity contribution in [1.29, 1.82) is 0 Å². The van der Waals surface area contributed by atoms with Crippen molar-refractivity contribution in [2.75, 3.05) is 20.8 Å². The molecule has 2 aromatic rings. The van der Waals surface area contributed by atoms with Gasteiger partial charge in [-0.1, -0.05) is 6.07 Å². The maximum Gasteiger partial charge on any atom is 0.191 e. The van der Waals surface area contributed by atoms with Crippen LogP contribution in [-0.4, -0.2) is 32.1 Å². The number of pyridine rings is 1. The van der Waals surface area contributed by atoms with Crippen molar-refractivity contribution >= 4 is 10.9 Å². The van der Waals surface area contributed by atoms with Gasteiger partial charge in [-0.3, -0.25) is 4.98 Å². The number of nitrogens with zero attached hydrogens (tertiary/aromatic N) is 1. The summed E-state index contributed by atoms with van der Waals surface area (Å²) in [4.78, 5) is 4.27. The number of fused-ring (bicyclic) bond motifs is 1. The lowest BCUT2D eigenvalue weighted by molar-refractivity contribution is -0.121. The van der Waals surface area contributed by atoms with Gasteiger partial charge in [-0.15, -0.1) is 0 Å². The fraction of sp³-hybridized carbons (Fsp3) is 0.308. The van der Waals surface area contributed by atoms with E-state index in [0.29, 0.717) is 6.61 Å². The summed E-state index contributed by atoms with van der Waals surface area (Å²) in [6, 6.07) is 9.71. The average molecular weight is 233 g/mol. The van der Waals surface area contributed by atoms with E-state index < -0.39 is 0 Å². The number of hydrogen-bond acceptors (Lipinski definition) is 4. The zero-order valence-corrected chi connectivity index (χ0v) is 9.92. The van der Waals surface area contributed by atoms with Crippen LogP contribution in [-0.2, 0) is 9.47 Å². The summed E-state index contributed by atoms with van der Waals surface area (Å²) in [6.45, 7) is 0.353. The number of ether oxygens (including phenoxy) is 3. The number of rotatable bonds is 5. The minimum atomic E-state index is -0.352. The van der Waals surface area contributed by atoms with E-state index in [1.165, 1.54) is 0 Å². The maximum absolute atomic E-state index is 5.57. The van der Waals surface area contributed by atoms with E-state index in [1.807, 2.05) is 30.3 Å². The second kappa shape index (κ2) is 5.61. The Morgan fingerprint density at radius 2 is 2.00 bits per heavy atom. The fourth-order valence-corrected chi connectivity index (χ4v) is 1.53. The number of aromatic nitrogens is 1. The Hall–Kier alpha value is -1.65. The summed E-state index contributed by atoms with van der Waals surface area (Å²) < 4.78 is 15.7. The van der Waals surface area contributed by atoms with E-state index in [4.69, 9.17) is 14.2 Å².